The summed E-state index contributed by atoms with van der Waals surface area (Å²) in [5.74, 6) is 0.986. The first kappa shape index (κ1) is 42.2. The average Bonchev–Trinajstić information content (AvgIpc) is 3.78. The second-order valence-corrected chi connectivity index (χ2v) is 17.9. The van der Waals surface area contributed by atoms with Gasteiger partial charge in [0.1, 0.15) is 10.9 Å². The number of rotatable bonds is 14. The second-order valence-electron chi connectivity index (χ2n) is 16.0. The Morgan fingerprint density at radius 3 is 2.40 bits per heavy atom. The van der Waals surface area contributed by atoms with Crippen LogP contribution in [0.2, 0.25) is 0 Å². The molecule has 2 N–H and O–H groups in total. The number of piperazine rings is 1. The number of benzene rings is 2. The molecule has 16 nitrogen and oxygen atoms in total. The molecule has 1 amide bonds. The molecular weight excluding hydrogens is 779 g/mol. The van der Waals surface area contributed by atoms with Gasteiger partial charge in [-0.1, -0.05) is 42.5 Å². The van der Waals surface area contributed by atoms with E-state index in [0.29, 0.717) is 62.4 Å². The van der Waals surface area contributed by atoms with E-state index in [-0.39, 0.29) is 22.7 Å². The Morgan fingerprint density at radius 1 is 1.00 bits per heavy atom. The number of anilines is 3. The molecule has 1 fully saturated rings. The smallest absolute Gasteiger partial charge is 0.246 e. The number of hydrogen-bond acceptors (Lipinski definition) is 12. The van der Waals surface area contributed by atoms with Gasteiger partial charge in [0.25, 0.3) is 0 Å². The molecule has 7 rings (SSSR count). The Morgan fingerprint density at radius 2 is 1.72 bits per heavy atom. The number of fused-ring (bicyclic) bond motifs is 1. The van der Waals surface area contributed by atoms with Gasteiger partial charge < -0.3 is 25.3 Å². The van der Waals surface area contributed by atoms with Gasteiger partial charge in [0, 0.05) is 85.2 Å². The Hall–Kier alpha value is -5.96. The molecule has 314 valence electrons. The predicted octanol–water partition coefficient (Wildman–Crippen LogP) is 4.84. The summed E-state index contributed by atoms with van der Waals surface area (Å²) < 4.78 is 29.9. The molecule has 4 aromatic rings. The minimum atomic E-state index is -3.62. The highest BCUT2D eigenvalue weighted by Crippen LogP contribution is 2.31. The fourth-order valence-electron chi connectivity index (χ4n) is 7.68. The topological polar surface area (TPSA) is 161 Å². The van der Waals surface area contributed by atoms with Crippen LogP contribution in [0.4, 0.5) is 29.2 Å². The van der Waals surface area contributed by atoms with E-state index in [9.17, 15) is 13.2 Å². The third-order valence-corrected chi connectivity index (χ3v) is 13.3. The van der Waals surface area contributed by atoms with Crippen molar-refractivity contribution in [3.63, 3.8) is 0 Å². The van der Waals surface area contributed by atoms with E-state index < -0.39 is 16.1 Å². The highest BCUT2D eigenvalue weighted by Gasteiger charge is 2.32. The van der Waals surface area contributed by atoms with Gasteiger partial charge in [0.2, 0.25) is 33.8 Å². The monoisotopic (exact) mass is 831 g/mol. The highest BCUT2D eigenvalue weighted by atomic mass is 32.2. The number of sulfonamides is 1. The van der Waals surface area contributed by atoms with Crippen LogP contribution in [0.3, 0.4) is 0 Å². The van der Waals surface area contributed by atoms with E-state index in [0.717, 1.165) is 42.0 Å². The Kier molecular flexibility index (Phi) is 12.5. The van der Waals surface area contributed by atoms with E-state index in [2.05, 4.69) is 63.6 Å². The number of allylic oxidation sites excluding steroid dienone is 2. The molecule has 1 unspecified atom stereocenters. The number of amides is 1. The summed E-state index contributed by atoms with van der Waals surface area (Å²) in [7, 11) is 3.48. The van der Waals surface area contributed by atoms with Crippen molar-refractivity contribution < 1.29 is 13.2 Å². The number of nitrogens with one attached hydrogen (secondary N) is 2. The zero-order chi connectivity index (χ0) is 42.7. The minimum absolute atomic E-state index is 0.149. The first-order valence-electron chi connectivity index (χ1n) is 20.1. The molecule has 0 radical (unpaired) electrons. The van der Waals surface area contributed by atoms with E-state index in [1.165, 1.54) is 27.8 Å². The number of likely N-dealkylation sites (N-methyl/N-ethyl adjacent to an activating group) is 1. The largest absolute Gasteiger partial charge is 0.347 e. The number of aromatic nitrogens is 5. The fraction of sp³-hybridized carbons (Fsp3) is 0.419. The summed E-state index contributed by atoms with van der Waals surface area (Å²) in [6, 6.07) is 10.9. The highest BCUT2D eigenvalue weighted by molar-refractivity contribution is 7.89. The van der Waals surface area contributed by atoms with Crippen LogP contribution in [-0.4, -0.2) is 125 Å². The van der Waals surface area contributed by atoms with E-state index in [1.54, 1.807) is 49.2 Å². The van der Waals surface area contributed by atoms with E-state index >= 15 is 0 Å². The van der Waals surface area contributed by atoms with Gasteiger partial charge >= 0.3 is 0 Å². The van der Waals surface area contributed by atoms with Gasteiger partial charge in [-0.15, -0.1) is 0 Å². The van der Waals surface area contributed by atoms with Crippen LogP contribution in [0.25, 0.3) is 4.85 Å². The lowest BCUT2D eigenvalue weighted by Crippen LogP contribution is -2.49. The molecule has 0 bridgehead atoms. The molecule has 2 aromatic carbocycles. The summed E-state index contributed by atoms with van der Waals surface area (Å²) in [6.45, 7) is 16.6. The van der Waals surface area contributed by atoms with Crippen molar-refractivity contribution in [3.8, 4) is 0 Å². The van der Waals surface area contributed by atoms with Gasteiger partial charge in [0.15, 0.2) is 5.69 Å². The summed E-state index contributed by atoms with van der Waals surface area (Å²) in [5, 5.41) is 10.9. The van der Waals surface area contributed by atoms with Crippen molar-refractivity contribution >= 4 is 50.9 Å². The number of hydrogen-bond donors (Lipinski definition) is 2. The van der Waals surface area contributed by atoms with Crippen molar-refractivity contribution in [1.82, 2.24) is 38.8 Å². The quantitative estimate of drug-likeness (QED) is 0.168. The summed E-state index contributed by atoms with van der Waals surface area (Å²) >= 11 is 0. The predicted molar refractivity (Wildman–Crippen MR) is 234 cm³/mol. The number of nitrogens with zero attached hydrogens (tertiary/aromatic N) is 11. The first-order chi connectivity index (χ1) is 28.7. The number of aliphatic imine (C=N–C) groups is 1. The first-order valence-corrected chi connectivity index (χ1v) is 21.5. The lowest BCUT2D eigenvalue weighted by atomic mass is 9.98. The maximum absolute atomic E-state index is 13.6. The zero-order valence-corrected chi connectivity index (χ0v) is 36.2. The lowest BCUT2D eigenvalue weighted by Gasteiger charge is -2.35. The van der Waals surface area contributed by atoms with Gasteiger partial charge in [-0.3, -0.25) is 14.5 Å². The third kappa shape index (κ3) is 9.57. The third-order valence-electron chi connectivity index (χ3n) is 11.3. The van der Waals surface area contributed by atoms with Crippen LogP contribution >= 0.6 is 0 Å². The molecule has 4 heterocycles. The van der Waals surface area contributed by atoms with Crippen LogP contribution in [0.5, 0.6) is 0 Å². The number of carbonyl (C=O) groups is 1. The second kappa shape index (κ2) is 17.7. The van der Waals surface area contributed by atoms with Gasteiger partial charge in [-0.25, -0.2) is 13.3 Å². The molecule has 17 heteroatoms. The molecule has 0 saturated carbocycles. The SMILES string of the molecule is [C-]#[N+]c1ccc(C[C@H](Nc2nc(NC3=CC(CN4CCN(S(=O)(=O)c5cnn(C)c5C)CC4)CC=C3)nc(N(C)CC3=Nc4cc(C)c(C)cc4C3)n2)C(=O)N(C)C)cc1. The summed E-state index contributed by atoms with van der Waals surface area (Å²) in [4.78, 5) is 42.5. The number of aryl methyl sites for hydroxylation is 3. The lowest BCUT2D eigenvalue weighted by molar-refractivity contribution is -0.129. The molecule has 60 heavy (non-hydrogen) atoms. The van der Waals surface area contributed by atoms with Gasteiger partial charge in [-0.2, -0.15) is 24.4 Å². The van der Waals surface area contributed by atoms with Crippen LogP contribution in [0.15, 0.2) is 76.4 Å². The Labute approximate surface area is 352 Å². The maximum atomic E-state index is 13.6. The number of carbonyl (C=O) groups excluding carboxylic acids is 1. The summed E-state index contributed by atoms with van der Waals surface area (Å²) in [6.07, 6.45) is 9.66. The van der Waals surface area contributed by atoms with Gasteiger partial charge in [0.05, 0.1) is 30.7 Å². The molecular formula is C43H53N13O3S. The molecule has 2 aliphatic heterocycles. The van der Waals surface area contributed by atoms with E-state index in [4.69, 9.17) is 26.5 Å². The standard InChI is InChI=1S/C43H53N13O3S/c1-28-20-33-24-36(46-37(33)21-29(28)2)27-53(7)43-50-41(49-42(51-43)48-38(40(57)52(5)6)23-31-12-14-34(44-4)15-13-31)47-35-11-9-10-32(22-35)26-55-16-18-56(19-17-55)60(58,59)39-25-45-54(8)30(39)3/h9,11-15,20-22,25,32,38H,10,16-19,23-24,26-27H2,1-3,5-8H3,(H2,47,48,49,50,51)/t32?,38-/m0/s1. The van der Waals surface area contributed by atoms with Crippen LogP contribution in [0, 0.1) is 33.3 Å². The zero-order valence-electron chi connectivity index (χ0n) is 35.3. The molecule has 0 spiro atoms. The molecule has 1 aliphatic carbocycles. The normalized spacial score (nSPS) is 17.3. The van der Waals surface area contributed by atoms with Crippen LogP contribution in [-0.2, 0) is 34.7 Å². The van der Waals surface area contributed by atoms with Crippen molar-refractivity contribution in [2.45, 2.75) is 51.0 Å². The molecule has 3 aliphatic rings. The summed E-state index contributed by atoms with van der Waals surface area (Å²) in [5.41, 5.74) is 8.51. The molecule has 2 atom stereocenters. The Balaban J connectivity index is 1.09. The molecule has 2 aromatic heterocycles. The van der Waals surface area contributed by atoms with Crippen LogP contribution in [0.1, 0.15) is 34.4 Å². The fourth-order valence-corrected chi connectivity index (χ4v) is 9.29. The van der Waals surface area contributed by atoms with E-state index in [1.807, 2.05) is 30.2 Å². The molecule has 1 saturated heterocycles. The van der Waals surface area contributed by atoms with Crippen molar-refractivity contribution in [1.29, 1.82) is 0 Å². The Bertz CT molecular complexity index is 2500. The van der Waals surface area contributed by atoms with Gasteiger partial charge in [-0.05, 0) is 67.5 Å². The van der Waals surface area contributed by atoms with Crippen LogP contribution < -0.4 is 15.5 Å². The van der Waals surface area contributed by atoms with Crippen molar-refractivity contribution in [2.75, 3.05) is 75.9 Å². The maximum Gasteiger partial charge on any atom is 0.246 e. The average molecular weight is 832 g/mol. The van der Waals surface area contributed by atoms with Crippen molar-refractivity contribution in [2.24, 2.45) is 18.0 Å². The van der Waals surface area contributed by atoms with Crippen molar-refractivity contribution in [3.05, 3.63) is 106 Å². The minimum Gasteiger partial charge on any atom is -0.347 e.